The Kier molecular flexibility index (Phi) is 54.0. The number of rotatable bonds is 49. The summed E-state index contributed by atoms with van der Waals surface area (Å²) >= 11 is 0. The third-order valence-electron chi connectivity index (χ3n) is 11.5. The highest BCUT2D eigenvalue weighted by Crippen LogP contribution is 2.13. The second kappa shape index (κ2) is 57.9. The summed E-state index contributed by atoms with van der Waals surface area (Å²) in [5.41, 5.74) is 0. The van der Waals surface area contributed by atoms with Gasteiger partial charge in [0, 0.05) is 19.3 Å². The first-order valence-electron chi connectivity index (χ1n) is 28.4. The zero-order chi connectivity index (χ0) is 51.4. The summed E-state index contributed by atoms with van der Waals surface area (Å²) in [5, 5.41) is 0. The van der Waals surface area contributed by atoms with Gasteiger partial charge in [-0.05, 0) is 109 Å². The van der Waals surface area contributed by atoms with Crippen LogP contribution in [0.2, 0.25) is 0 Å². The van der Waals surface area contributed by atoms with Gasteiger partial charge in [-0.1, -0.05) is 244 Å². The summed E-state index contributed by atoms with van der Waals surface area (Å²) in [6.07, 6.45) is 82.6. The maximum absolute atomic E-state index is 12.8. The molecule has 0 saturated carbocycles. The average Bonchev–Trinajstić information content (AvgIpc) is 3.37. The van der Waals surface area contributed by atoms with Crippen LogP contribution in [0.1, 0.15) is 226 Å². The summed E-state index contributed by atoms with van der Waals surface area (Å²) < 4.78 is 16.8. The molecule has 0 aromatic rings. The van der Waals surface area contributed by atoms with E-state index in [4.69, 9.17) is 14.2 Å². The Morgan fingerprint density at radius 3 is 1.06 bits per heavy atom. The van der Waals surface area contributed by atoms with Gasteiger partial charge in [-0.25, -0.2) is 0 Å². The van der Waals surface area contributed by atoms with Gasteiger partial charge in [-0.15, -0.1) is 0 Å². The zero-order valence-electron chi connectivity index (χ0n) is 45.4. The van der Waals surface area contributed by atoms with Crippen LogP contribution >= 0.6 is 0 Å². The number of unbranched alkanes of at least 4 members (excludes halogenated alkanes) is 19. The van der Waals surface area contributed by atoms with Gasteiger partial charge < -0.3 is 14.2 Å². The van der Waals surface area contributed by atoms with Crippen molar-refractivity contribution in [2.75, 3.05) is 13.2 Å². The Morgan fingerprint density at radius 1 is 0.310 bits per heavy atom. The van der Waals surface area contributed by atoms with Gasteiger partial charge in [-0.3, -0.25) is 14.4 Å². The molecular weight excluding hydrogens is 877 g/mol. The van der Waals surface area contributed by atoms with E-state index in [2.05, 4.69) is 106 Å². The highest BCUT2D eigenvalue weighted by molar-refractivity contribution is 5.71. The number of allylic oxidation sites excluding steroid dienone is 24. The molecule has 398 valence electrons. The van der Waals surface area contributed by atoms with Gasteiger partial charge >= 0.3 is 17.9 Å². The van der Waals surface area contributed by atoms with Gasteiger partial charge in [0.25, 0.3) is 0 Å². The molecular formula is C65H102O6. The maximum Gasteiger partial charge on any atom is 0.306 e. The molecule has 0 amide bonds. The molecule has 1 atom stereocenters. The maximum atomic E-state index is 12.8. The van der Waals surface area contributed by atoms with Gasteiger partial charge in [0.2, 0.25) is 0 Å². The number of carbonyl (C=O) groups is 3. The van der Waals surface area contributed by atoms with Crippen molar-refractivity contribution in [2.24, 2.45) is 0 Å². The molecule has 0 aliphatic rings. The van der Waals surface area contributed by atoms with E-state index in [1.165, 1.54) is 77.0 Å². The van der Waals surface area contributed by atoms with Crippen molar-refractivity contribution in [3.8, 4) is 0 Å². The second-order valence-electron chi connectivity index (χ2n) is 18.2. The fourth-order valence-electron chi connectivity index (χ4n) is 7.26. The van der Waals surface area contributed by atoms with Crippen LogP contribution in [0.25, 0.3) is 0 Å². The topological polar surface area (TPSA) is 78.9 Å². The highest BCUT2D eigenvalue weighted by Gasteiger charge is 2.19. The summed E-state index contributed by atoms with van der Waals surface area (Å²) in [6, 6.07) is 0. The van der Waals surface area contributed by atoms with Crippen LogP contribution in [0, 0.1) is 0 Å². The molecule has 0 heterocycles. The number of ether oxygens (including phenoxy) is 3. The molecule has 0 aromatic heterocycles. The monoisotopic (exact) mass is 979 g/mol. The first kappa shape index (κ1) is 66.3. The SMILES string of the molecule is CC\C=C/C=C\C=C/C=C\C=C\C=C/CCCCCC(=O)OC(COC(=O)CCCCC/C=C\C/C=C\C/C=C\C/C=C\C/C=C\CC)COC(=O)CCCCCCCCC/C=C\CCCCCCCC. The average molecular weight is 980 g/mol. The van der Waals surface area contributed by atoms with Gasteiger partial charge in [0.15, 0.2) is 6.10 Å². The van der Waals surface area contributed by atoms with Crippen molar-refractivity contribution in [1.82, 2.24) is 0 Å². The predicted octanol–water partition coefficient (Wildman–Crippen LogP) is 19.2. The predicted molar refractivity (Wildman–Crippen MR) is 306 cm³/mol. The van der Waals surface area contributed by atoms with Crippen molar-refractivity contribution < 1.29 is 28.6 Å². The minimum Gasteiger partial charge on any atom is -0.462 e. The van der Waals surface area contributed by atoms with Crippen molar-refractivity contribution >= 4 is 17.9 Å². The Balaban J connectivity index is 4.57. The van der Waals surface area contributed by atoms with Crippen molar-refractivity contribution in [3.05, 3.63) is 146 Å². The molecule has 0 saturated heterocycles. The van der Waals surface area contributed by atoms with Crippen LogP contribution in [0.4, 0.5) is 0 Å². The lowest BCUT2D eigenvalue weighted by Crippen LogP contribution is -2.30. The first-order chi connectivity index (χ1) is 35.0. The number of carbonyl (C=O) groups excluding carboxylic acids is 3. The highest BCUT2D eigenvalue weighted by atomic mass is 16.6. The molecule has 0 aliphatic heterocycles. The summed E-state index contributed by atoms with van der Waals surface area (Å²) in [4.78, 5) is 38.2. The van der Waals surface area contributed by atoms with Crippen molar-refractivity contribution in [1.29, 1.82) is 0 Å². The van der Waals surface area contributed by atoms with Crippen LogP contribution in [0.15, 0.2) is 146 Å². The van der Waals surface area contributed by atoms with E-state index in [1.54, 1.807) is 0 Å². The van der Waals surface area contributed by atoms with E-state index >= 15 is 0 Å². The lowest BCUT2D eigenvalue weighted by molar-refractivity contribution is -0.167. The van der Waals surface area contributed by atoms with E-state index in [0.717, 1.165) is 103 Å². The fourth-order valence-corrected chi connectivity index (χ4v) is 7.26. The molecule has 0 rings (SSSR count). The minimum atomic E-state index is -0.824. The summed E-state index contributed by atoms with van der Waals surface area (Å²) in [5.74, 6) is -1.00. The minimum absolute atomic E-state index is 0.115. The molecule has 0 aliphatic carbocycles. The van der Waals surface area contributed by atoms with Gasteiger partial charge in [-0.2, -0.15) is 0 Å². The largest absolute Gasteiger partial charge is 0.462 e. The normalized spacial score (nSPS) is 13.2. The second-order valence-corrected chi connectivity index (χ2v) is 18.2. The fraction of sp³-hybridized carbons (Fsp3) is 0.585. The first-order valence-corrected chi connectivity index (χ1v) is 28.4. The molecule has 0 radical (unpaired) electrons. The number of esters is 3. The molecule has 0 aromatic carbocycles. The van der Waals surface area contributed by atoms with E-state index in [9.17, 15) is 14.4 Å². The number of hydrogen-bond acceptors (Lipinski definition) is 6. The molecule has 6 heteroatoms. The van der Waals surface area contributed by atoms with E-state index in [1.807, 2.05) is 60.8 Å². The Labute approximate surface area is 436 Å². The third-order valence-corrected chi connectivity index (χ3v) is 11.5. The molecule has 0 fully saturated rings. The van der Waals surface area contributed by atoms with Crippen LogP contribution in [0.5, 0.6) is 0 Å². The van der Waals surface area contributed by atoms with Gasteiger partial charge in [0.05, 0.1) is 0 Å². The molecule has 0 N–H and O–H groups in total. The zero-order valence-corrected chi connectivity index (χ0v) is 45.4. The van der Waals surface area contributed by atoms with Crippen molar-refractivity contribution in [2.45, 2.75) is 232 Å². The lowest BCUT2D eigenvalue weighted by atomic mass is 10.1. The molecule has 71 heavy (non-hydrogen) atoms. The van der Waals surface area contributed by atoms with E-state index in [0.29, 0.717) is 19.3 Å². The summed E-state index contributed by atoms with van der Waals surface area (Å²) in [7, 11) is 0. The molecule has 1 unspecified atom stereocenters. The van der Waals surface area contributed by atoms with Crippen LogP contribution in [-0.2, 0) is 28.6 Å². The van der Waals surface area contributed by atoms with E-state index in [-0.39, 0.29) is 37.5 Å². The van der Waals surface area contributed by atoms with Crippen LogP contribution < -0.4 is 0 Å². The van der Waals surface area contributed by atoms with Crippen LogP contribution in [0.3, 0.4) is 0 Å². The Hall–Kier alpha value is -4.71. The quantitative estimate of drug-likeness (QED) is 0.0199. The Bertz CT molecular complexity index is 1590. The van der Waals surface area contributed by atoms with E-state index < -0.39 is 6.10 Å². The standard InChI is InChI=1S/C65H102O6/c1-4-7-10-13-16-19-22-25-28-31-32-35-37-40-43-46-49-52-55-58-64(67)70-61-62(71-65(68)59-56-53-50-47-44-41-38-34-30-27-24-21-18-15-12-9-6-3)60-69-63(66)57-54-51-48-45-42-39-36-33-29-26-23-20-17-14-11-8-5-2/h7,9-10,12,15-16,18-19,21,24-30,32,34-35,38,40-41,43-44,62H,4-6,8,11,13-14,17,20,22-23,31,33,36-37,39,42,45-61H2,1-3H3/b10-7-,12-9-,18-15-,19-16-,24-21-,28-25-,29-26-,30-27-,35-32-,38-34+,43-40-,44-41-. The van der Waals surface area contributed by atoms with Crippen LogP contribution in [-0.4, -0.2) is 37.2 Å². The molecule has 0 bridgehead atoms. The molecule has 6 nitrogen and oxygen atoms in total. The summed E-state index contributed by atoms with van der Waals surface area (Å²) in [6.45, 7) is 6.30. The molecule has 0 spiro atoms. The number of hydrogen-bond donors (Lipinski definition) is 0. The van der Waals surface area contributed by atoms with Gasteiger partial charge in [0.1, 0.15) is 13.2 Å². The lowest BCUT2D eigenvalue weighted by Gasteiger charge is -2.18. The third kappa shape index (κ3) is 56.1. The Morgan fingerprint density at radius 2 is 0.620 bits per heavy atom. The van der Waals surface area contributed by atoms with Crippen molar-refractivity contribution in [3.63, 3.8) is 0 Å². The smallest absolute Gasteiger partial charge is 0.306 e.